The molecule has 0 aromatic heterocycles. The summed E-state index contributed by atoms with van der Waals surface area (Å²) in [5.74, 6) is -0.883. The summed E-state index contributed by atoms with van der Waals surface area (Å²) in [5.41, 5.74) is 5.80. The van der Waals surface area contributed by atoms with E-state index >= 15 is 0 Å². The number of ether oxygens (including phenoxy) is 1. The van der Waals surface area contributed by atoms with Gasteiger partial charge in [-0.25, -0.2) is 4.39 Å². The van der Waals surface area contributed by atoms with E-state index in [-0.39, 0.29) is 24.7 Å². The second kappa shape index (κ2) is 5.93. The Kier molecular flexibility index (Phi) is 4.81. The number of carbonyl (C=O) groups excluding carboxylic acids is 1. The van der Waals surface area contributed by atoms with Crippen LogP contribution in [0.25, 0.3) is 0 Å². The molecule has 0 saturated heterocycles. The Morgan fingerprint density at radius 3 is 2.61 bits per heavy atom. The van der Waals surface area contributed by atoms with Crippen LogP contribution in [-0.4, -0.2) is 18.1 Å². The molecule has 0 aliphatic rings. The molecule has 0 aliphatic heterocycles. The quantitative estimate of drug-likeness (QED) is 0.864. The Morgan fingerprint density at radius 1 is 1.44 bits per heavy atom. The van der Waals surface area contributed by atoms with Gasteiger partial charge in [0.25, 0.3) is 0 Å². The van der Waals surface area contributed by atoms with Crippen LogP contribution in [0.5, 0.6) is 0 Å². The molecule has 0 heterocycles. The Morgan fingerprint density at radius 2 is 2.11 bits per heavy atom. The van der Waals surface area contributed by atoms with E-state index in [0.717, 1.165) is 0 Å². The molecule has 1 amide bonds. The highest BCUT2D eigenvalue weighted by Gasteiger charge is 2.14. The average Bonchev–Trinajstić information content (AvgIpc) is 2.28. The fourth-order valence-corrected chi connectivity index (χ4v) is 1.26. The number of nitrogens with one attached hydrogen (secondary N) is 1. The first-order valence-corrected chi connectivity index (χ1v) is 5.74. The van der Waals surface area contributed by atoms with E-state index in [9.17, 15) is 9.18 Å². The van der Waals surface area contributed by atoms with Gasteiger partial charge in [-0.15, -0.1) is 0 Å². The van der Waals surface area contributed by atoms with Crippen molar-refractivity contribution in [3.05, 3.63) is 29.6 Å². The minimum Gasteiger partial charge on any atom is -0.366 e. The van der Waals surface area contributed by atoms with Gasteiger partial charge in [0.05, 0.1) is 11.3 Å². The third kappa shape index (κ3) is 4.81. The minimum atomic E-state index is -0.498. The van der Waals surface area contributed by atoms with Crippen molar-refractivity contribution >= 4 is 11.6 Å². The van der Waals surface area contributed by atoms with Gasteiger partial charge in [-0.1, -0.05) is 6.07 Å². The number of anilines is 1. The molecule has 1 aromatic rings. The Bertz CT molecular complexity index is 427. The van der Waals surface area contributed by atoms with Crippen LogP contribution in [0, 0.1) is 5.82 Å². The van der Waals surface area contributed by atoms with Gasteiger partial charge in [-0.2, -0.15) is 0 Å². The fraction of sp³-hybridized carbons (Fsp3) is 0.462. The number of nitrogens with two attached hydrogens (primary N) is 1. The summed E-state index contributed by atoms with van der Waals surface area (Å²) in [6, 6.07) is 4.47. The van der Waals surface area contributed by atoms with Crippen LogP contribution < -0.4 is 11.1 Å². The molecule has 0 radical (unpaired) electrons. The number of benzene rings is 1. The van der Waals surface area contributed by atoms with Gasteiger partial charge < -0.3 is 15.8 Å². The molecular formula is C13H19FN2O2. The zero-order valence-corrected chi connectivity index (χ0v) is 10.9. The molecule has 0 atom stereocenters. The number of hydrogen-bond donors (Lipinski definition) is 2. The molecule has 5 heteroatoms. The van der Waals surface area contributed by atoms with Gasteiger partial charge in [-0.05, 0) is 38.5 Å². The minimum absolute atomic E-state index is 0.110. The summed E-state index contributed by atoms with van der Waals surface area (Å²) < 4.78 is 18.9. The summed E-state index contributed by atoms with van der Waals surface area (Å²) >= 11 is 0. The van der Waals surface area contributed by atoms with E-state index < -0.39 is 11.4 Å². The van der Waals surface area contributed by atoms with Crippen molar-refractivity contribution in [2.45, 2.75) is 32.9 Å². The third-order valence-electron chi connectivity index (χ3n) is 2.18. The van der Waals surface area contributed by atoms with E-state index in [1.54, 1.807) is 6.07 Å². The summed E-state index contributed by atoms with van der Waals surface area (Å²) in [7, 11) is 0. The van der Waals surface area contributed by atoms with Crippen molar-refractivity contribution in [2.75, 3.05) is 11.9 Å². The zero-order valence-electron chi connectivity index (χ0n) is 10.9. The second-order valence-electron chi connectivity index (χ2n) is 4.97. The lowest BCUT2D eigenvalue weighted by Gasteiger charge is -2.19. The molecule has 4 nitrogen and oxygen atoms in total. The number of halogens is 1. The second-order valence-corrected chi connectivity index (χ2v) is 4.97. The van der Waals surface area contributed by atoms with E-state index in [2.05, 4.69) is 5.32 Å². The molecule has 3 N–H and O–H groups in total. The van der Waals surface area contributed by atoms with Gasteiger partial charge in [0.1, 0.15) is 12.4 Å². The lowest BCUT2D eigenvalue weighted by molar-refractivity contribution is -0.125. The van der Waals surface area contributed by atoms with E-state index in [0.29, 0.717) is 5.56 Å². The molecule has 0 spiro atoms. The van der Waals surface area contributed by atoms with Crippen LogP contribution >= 0.6 is 0 Å². The number of carbonyl (C=O) groups is 1. The van der Waals surface area contributed by atoms with Gasteiger partial charge in [0.2, 0.25) is 5.91 Å². The molecule has 1 aromatic carbocycles. The molecule has 0 unspecified atom stereocenters. The SMILES string of the molecule is CC(C)(C)OCC(=O)Nc1ccc(CN)cc1F. The lowest BCUT2D eigenvalue weighted by Crippen LogP contribution is -2.27. The number of hydrogen-bond acceptors (Lipinski definition) is 3. The molecule has 0 fully saturated rings. The smallest absolute Gasteiger partial charge is 0.250 e. The number of amides is 1. The highest BCUT2D eigenvalue weighted by atomic mass is 19.1. The average molecular weight is 254 g/mol. The normalized spacial score (nSPS) is 11.4. The van der Waals surface area contributed by atoms with Crippen LogP contribution in [0.1, 0.15) is 26.3 Å². The van der Waals surface area contributed by atoms with Crippen molar-refractivity contribution in [3.8, 4) is 0 Å². The van der Waals surface area contributed by atoms with Gasteiger partial charge in [-0.3, -0.25) is 4.79 Å². The van der Waals surface area contributed by atoms with Crippen LogP contribution in [0.15, 0.2) is 18.2 Å². The maximum Gasteiger partial charge on any atom is 0.250 e. The van der Waals surface area contributed by atoms with Gasteiger partial charge in [0, 0.05) is 6.54 Å². The topological polar surface area (TPSA) is 64.3 Å². The third-order valence-corrected chi connectivity index (χ3v) is 2.18. The molecular weight excluding hydrogens is 235 g/mol. The molecule has 1 rings (SSSR count). The highest BCUT2D eigenvalue weighted by Crippen LogP contribution is 2.15. The Hall–Kier alpha value is -1.46. The molecule has 18 heavy (non-hydrogen) atoms. The van der Waals surface area contributed by atoms with Crippen molar-refractivity contribution in [3.63, 3.8) is 0 Å². The van der Waals surface area contributed by atoms with Crippen LogP contribution in [0.4, 0.5) is 10.1 Å². The standard InChI is InChI=1S/C13H19FN2O2/c1-13(2,3)18-8-12(17)16-11-5-4-9(7-15)6-10(11)14/h4-6H,7-8,15H2,1-3H3,(H,16,17). The highest BCUT2D eigenvalue weighted by molar-refractivity contribution is 5.91. The molecule has 0 aliphatic carbocycles. The monoisotopic (exact) mass is 254 g/mol. The first-order valence-electron chi connectivity index (χ1n) is 5.74. The Labute approximate surface area is 106 Å². The summed E-state index contributed by atoms with van der Waals surface area (Å²) in [5, 5.41) is 2.45. The first kappa shape index (κ1) is 14.6. The van der Waals surface area contributed by atoms with Crippen LogP contribution in [0.2, 0.25) is 0 Å². The van der Waals surface area contributed by atoms with Crippen molar-refractivity contribution < 1.29 is 13.9 Å². The number of rotatable bonds is 4. The lowest BCUT2D eigenvalue weighted by atomic mass is 10.2. The maximum atomic E-state index is 13.6. The predicted molar refractivity (Wildman–Crippen MR) is 68.6 cm³/mol. The maximum absolute atomic E-state index is 13.6. The molecule has 0 bridgehead atoms. The largest absolute Gasteiger partial charge is 0.366 e. The Balaban J connectivity index is 2.59. The van der Waals surface area contributed by atoms with Gasteiger partial charge in [0.15, 0.2) is 0 Å². The zero-order chi connectivity index (χ0) is 13.8. The summed E-state index contributed by atoms with van der Waals surface area (Å²) in [6.45, 7) is 5.69. The van der Waals surface area contributed by atoms with Crippen LogP contribution in [-0.2, 0) is 16.1 Å². The molecule has 0 saturated carbocycles. The molecule has 100 valence electrons. The predicted octanol–water partition coefficient (Wildman–Crippen LogP) is 2.04. The summed E-state index contributed by atoms with van der Waals surface area (Å²) in [6.07, 6.45) is 0. The fourth-order valence-electron chi connectivity index (χ4n) is 1.26. The van der Waals surface area contributed by atoms with Crippen molar-refractivity contribution in [1.82, 2.24) is 0 Å². The summed E-state index contributed by atoms with van der Waals surface area (Å²) in [4.78, 5) is 11.5. The van der Waals surface area contributed by atoms with E-state index in [1.165, 1.54) is 12.1 Å². The van der Waals surface area contributed by atoms with E-state index in [1.807, 2.05) is 20.8 Å². The van der Waals surface area contributed by atoms with Gasteiger partial charge >= 0.3 is 0 Å². The first-order chi connectivity index (χ1) is 8.31. The van der Waals surface area contributed by atoms with Crippen LogP contribution in [0.3, 0.4) is 0 Å². The van der Waals surface area contributed by atoms with Crippen molar-refractivity contribution in [1.29, 1.82) is 0 Å². The van der Waals surface area contributed by atoms with Crippen molar-refractivity contribution in [2.24, 2.45) is 5.73 Å². The van der Waals surface area contributed by atoms with E-state index in [4.69, 9.17) is 10.5 Å².